The van der Waals surface area contributed by atoms with Crippen molar-refractivity contribution in [2.75, 3.05) is 5.32 Å². The lowest BCUT2D eigenvalue weighted by Gasteiger charge is -2.13. The highest BCUT2D eigenvalue weighted by Crippen LogP contribution is 2.34. The fourth-order valence-corrected chi connectivity index (χ4v) is 1.95. The summed E-state index contributed by atoms with van der Waals surface area (Å²) in [4.78, 5) is 12.1. The number of aryl methyl sites for hydroxylation is 1. The van der Waals surface area contributed by atoms with Gasteiger partial charge in [-0.2, -0.15) is 18.4 Å². The summed E-state index contributed by atoms with van der Waals surface area (Å²) in [5.74, 6) is -0.898. The van der Waals surface area contributed by atoms with E-state index in [4.69, 9.17) is 5.26 Å². The first-order chi connectivity index (χ1) is 10.8. The zero-order valence-corrected chi connectivity index (χ0v) is 12.1. The van der Waals surface area contributed by atoms with Gasteiger partial charge in [-0.05, 0) is 30.3 Å². The molecule has 1 N–H and O–H groups in total. The van der Waals surface area contributed by atoms with Crippen LogP contribution in [0.1, 0.15) is 11.3 Å². The van der Waals surface area contributed by atoms with Gasteiger partial charge in [-0.3, -0.25) is 4.79 Å². The predicted octanol–water partition coefficient (Wildman–Crippen LogP) is 3.59. The topological polar surface area (TPSA) is 57.8 Å². The van der Waals surface area contributed by atoms with Crippen molar-refractivity contribution >= 4 is 17.7 Å². The van der Waals surface area contributed by atoms with Crippen molar-refractivity contribution < 1.29 is 18.0 Å². The van der Waals surface area contributed by atoms with Crippen molar-refractivity contribution in [2.45, 2.75) is 6.18 Å². The third-order valence-corrected chi connectivity index (χ3v) is 3.12. The summed E-state index contributed by atoms with van der Waals surface area (Å²) < 4.78 is 40.4. The number of aromatic nitrogens is 1. The average Bonchev–Trinajstić information content (AvgIpc) is 2.89. The van der Waals surface area contributed by atoms with E-state index in [1.807, 2.05) is 0 Å². The van der Waals surface area contributed by atoms with Gasteiger partial charge in [0.15, 0.2) is 0 Å². The summed E-state index contributed by atoms with van der Waals surface area (Å²) in [7, 11) is 1.72. The molecule has 0 radical (unpaired) electrons. The van der Waals surface area contributed by atoms with Gasteiger partial charge in [0.05, 0.1) is 11.3 Å². The summed E-state index contributed by atoms with van der Waals surface area (Å²) in [5.41, 5.74) is -1.06. The Labute approximate surface area is 130 Å². The molecule has 118 valence electrons. The van der Waals surface area contributed by atoms with Gasteiger partial charge >= 0.3 is 6.18 Å². The van der Waals surface area contributed by atoms with E-state index in [1.165, 1.54) is 18.2 Å². The maximum atomic E-state index is 12.9. The number of anilines is 1. The third-order valence-electron chi connectivity index (χ3n) is 3.12. The minimum absolute atomic E-state index is 0.288. The molecule has 7 heteroatoms. The van der Waals surface area contributed by atoms with Crippen LogP contribution in [-0.4, -0.2) is 10.5 Å². The normalized spacial score (nSPS) is 11.9. The average molecular weight is 319 g/mol. The molecule has 4 nitrogen and oxygen atoms in total. The molecule has 0 unspecified atom stereocenters. The van der Waals surface area contributed by atoms with E-state index < -0.39 is 23.3 Å². The summed E-state index contributed by atoms with van der Waals surface area (Å²) in [6.45, 7) is 0. The molecule has 23 heavy (non-hydrogen) atoms. The van der Waals surface area contributed by atoms with Crippen molar-refractivity contribution in [3.63, 3.8) is 0 Å². The molecule has 2 rings (SSSR count). The van der Waals surface area contributed by atoms with Crippen molar-refractivity contribution in [1.29, 1.82) is 5.26 Å². The molecule has 1 aromatic carbocycles. The molecule has 0 bridgehead atoms. The highest BCUT2D eigenvalue weighted by atomic mass is 19.4. The monoisotopic (exact) mass is 319 g/mol. The van der Waals surface area contributed by atoms with Crippen LogP contribution < -0.4 is 5.32 Å². The van der Waals surface area contributed by atoms with Crippen molar-refractivity contribution in [3.8, 4) is 6.07 Å². The quantitative estimate of drug-likeness (QED) is 0.694. The van der Waals surface area contributed by atoms with E-state index >= 15 is 0 Å². The first-order valence-corrected chi connectivity index (χ1v) is 6.53. The summed E-state index contributed by atoms with van der Waals surface area (Å²) in [5, 5.41) is 11.2. The highest BCUT2D eigenvalue weighted by molar-refractivity contribution is 6.09. The van der Waals surface area contributed by atoms with E-state index in [-0.39, 0.29) is 5.57 Å². The van der Waals surface area contributed by atoms with Crippen LogP contribution in [0.2, 0.25) is 0 Å². The number of hydrogen-bond donors (Lipinski definition) is 1. The number of nitrogens with zero attached hydrogens (tertiary/aromatic N) is 2. The zero-order chi connectivity index (χ0) is 17.0. The van der Waals surface area contributed by atoms with E-state index in [0.717, 1.165) is 12.1 Å². The van der Waals surface area contributed by atoms with Crippen LogP contribution >= 0.6 is 0 Å². The number of rotatable bonds is 3. The van der Waals surface area contributed by atoms with Crippen LogP contribution in [0, 0.1) is 11.3 Å². The zero-order valence-electron chi connectivity index (χ0n) is 12.1. The SMILES string of the molecule is Cn1cccc1/C=C(\C#N)C(=O)Nc1ccccc1C(F)(F)F. The predicted molar refractivity (Wildman–Crippen MR) is 79.1 cm³/mol. The Balaban J connectivity index is 2.31. The molecule has 1 aromatic heterocycles. The van der Waals surface area contributed by atoms with E-state index in [2.05, 4.69) is 5.32 Å². The van der Waals surface area contributed by atoms with Gasteiger partial charge in [0.1, 0.15) is 11.6 Å². The molecule has 0 spiro atoms. The number of carbonyl (C=O) groups excluding carboxylic acids is 1. The Bertz CT molecular complexity index is 797. The van der Waals surface area contributed by atoms with Gasteiger partial charge in [-0.1, -0.05) is 12.1 Å². The first-order valence-electron chi connectivity index (χ1n) is 6.53. The Morgan fingerprint density at radius 1 is 1.26 bits per heavy atom. The molecule has 0 atom stereocenters. The third kappa shape index (κ3) is 3.80. The second kappa shape index (κ2) is 6.40. The lowest BCUT2D eigenvalue weighted by molar-refractivity contribution is -0.136. The number of nitrogens with one attached hydrogen (secondary N) is 1. The van der Waals surface area contributed by atoms with Crippen LogP contribution in [0.3, 0.4) is 0 Å². The minimum Gasteiger partial charge on any atom is -0.351 e. The van der Waals surface area contributed by atoms with Gasteiger partial charge in [0.2, 0.25) is 0 Å². The summed E-state index contributed by atoms with van der Waals surface area (Å²) in [6, 6.07) is 9.69. The number of benzene rings is 1. The van der Waals surface area contributed by atoms with E-state index in [1.54, 1.807) is 36.0 Å². The molecule has 0 saturated heterocycles. The summed E-state index contributed by atoms with van der Waals surface area (Å²) >= 11 is 0. The van der Waals surface area contributed by atoms with E-state index in [0.29, 0.717) is 5.69 Å². The molecular weight excluding hydrogens is 307 g/mol. The number of para-hydroxylation sites is 1. The van der Waals surface area contributed by atoms with Gasteiger partial charge in [-0.25, -0.2) is 0 Å². The Morgan fingerprint density at radius 3 is 2.52 bits per heavy atom. The van der Waals surface area contributed by atoms with Crippen LogP contribution in [-0.2, 0) is 18.0 Å². The number of carbonyl (C=O) groups is 1. The maximum Gasteiger partial charge on any atom is 0.418 e. The van der Waals surface area contributed by atoms with Crippen molar-refractivity contribution in [3.05, 3.63) is 59.4 Å². The number of amides is 1. The van der Waals surface area contributed by atoms with Crippen LogP contribution in [0.5, 0.6) is 0 Å². The molecule has 2 aromatic rings. The largest absolute Gasteiger partial charge is 0.418 e. The number of alkyl halides is 3. The van der Waals surface area contributed by atoms with E-state index in [9.17, 15) is 18.0 Å². The Hall–Kier alpha value is -3.01. The molecule has 1 heterocycles. The molecule has 0 fully saturated rings. The number of halogens is 3. The van der Waals surface area contributed by atoms with Crippen LogP contribution in [0.25, 0.3) is 6.08 Å². The molecule has 1 amide bonds. The molecule has 0 aliphatic rings. The minimum atomic E-state index is -4.60. The van der Waals surface area contributed by atoms with Gasteiger partial charge < -0.3 is 9.88 Å². The van der Waals surface area contributed by atoms with Gasteiger partial charge in [-0.15, -0.1) is 0 Å². The number of hydrogen-bond acceptors (Lipinski definition) is 2. The molecule has 0 saturated carbocycles. The standard InChI is InChI=1S/C16H12F3N3O/c1-22-8-4-5-12(22)9-11(10-20)15(23)21-14-7-3-2-6-13(14)16(17,18)19/h2-9H,1H3,(H,21,23)/b11-9+. The second-order valence-electron chi connectivity index (χ2n) is 4.71. The van der Waals surface area contributed by atoms with Crippen molar-refractivity contribution in [1.82, 2.24) is 4.57 Å². The molecule has 0 aliphatic heterocycles. The van der Waals surface area contributed by atoms with Crippen molar-refractivity contribution in [2.24, 2.45) is 7.05 Å². The lowest BCUT2D eigenvalue weighted by atomic mass is 10.1. The Morgan fingerprint density at radius 2 is 1.96 bits per heavy atom. The van der Waals surface area contributed by atoms with Gasteiger partial charge in [0, 0.05) is 18.9 Å². The van der Waals surface area contributed by atoms with Crippen LogP contribution in [0.15, 0.2) is 48.2 Å². The number of nitriles is 1. The first kappa shape index (κ1) is 16.4. The summed E-state index contributed by atoms with van der Waals surface area (Å²) in [6.07, 6.45) is -1.57. The highest BCUT2D eigenvalue weighted by Gasteiger charge is 2.33. The van der Waals surface area contributed by atoms with Crippen LogP contribution in [0.4, 0.5) is 18.9 Å². The fraction of sp³-hybridized carbons (Fsp3) is 0.125. The Kier molecular flexibility index (Phi) is 4.55. The lowest BCUT2D eigenvalue weighted by Crippen LogP contribution is -2.17. The molecule has 0 aliphatic carbocycles. The molecular formula is C16H12F3N3O. The maximum absolute atomic E-state index is 12.9. The second-order valence-corrected chi connectivity index (χ2v) is 4.71. The van der Waals surface area contributed by atoms with Gasteiger partial charge in [0.25, 0.3) is 5.91 Å². The fourth-order valence-electron chi connectivity index (χ4n) is 1.95. The smallest absolute Gasteiger partial charge is 0.351 e.